The number of rotatable bonds is 6. The van der Waals surface area contributed by atoms with Crippen molar-refractivity contribution >= 4 is 22.6 Å². The fourth-order valence-corrected chi connectivity index (χ4v) is 3.48. The van der Waals surface area contributed by atoms with Gasteiger partial charge in [0.2, 0.25) is 5.91 Å². The van der Waals surface area contributed by atoms with Crippen LogP contribution in [-0.4, -0.2) is 29.1 Å². The number of aromatic nitrogens is 2. The molecule has 24 heavy (non-hydrogen) atoms. The fourth-order valence-electron chi connectivity index (χ4n) is 3.48. The number of hydrogen-bond donors (Lipinski definition) is 2. The van der Waals surface area contributed by atoms with Crippen molar-refractivity contribution in [1.82, 2.24) is 9.97 Å². The van der Waals surface area contributed by atoms with Gasteiger partial charge in [-0.2, -0.15) is 0 Å². The lowest BCUT2D eigenvalue weighted by Gasteiger charge is -2.18. The van der Waals surface area contributed by atoms with Crippen molar-refractivity contribution in [3.8, 4) is 0 Å². The van der Waals surface area contributed by atoms with Gasteiger partial charge < -0.3 is 15.0 Å². The van der Waals surface area contributed by atoms with E-state index < -0.39 is 0 Å². The molecule has 2 aliphatic carbocycles. The lowest BCUT2D eigenvalue weighted by Crippen LogP contribution is -2.18. The normalized spacial score (nSPS) is 18.8. The number of ether oxygens (including phenoxy) is 1. The highest BCUT2D eigenvalue weighted by Crippen LogP contribution is 2.32. The molecule has 5 nitrogen and oxygen atoms in total. The Morgan fingerprint density at radius 3 is 2.83 bits per heavy atom. The van der Waals surface area contributed by atoms with E-state index in [2.05, 4.69) is 10.3 Å². The molecule has 128 valence electrons. The standard InChI is InChI=1S/C19H25N3O2/c23-18(12-24-11-13-6-7-13)20-15-8-9-16-17(10-15)22-19(21-16)14-4-2-1-3-5-14/h8-10,13-14H,1-7,11-12H2,(H,20,23)(H,21,22). The van der Waals surface area contributed by atoms with Gasteiger partial charge >= 0.3 is 0 Å². The molecule has 2 aromatic rings. The third-order valence-corrected chi connectivity index (χ3v) is 5.06. The highest BCUT2D eigenvalue weighted by Gasteiger charge is 2.21. The molecule has 2 saturated carbocycles. The van der Waals surface area contributed by atoms with Gasteiger partial charge in [0.1, 0.15) is 12.4 Å². The third-order valence-electron chi connectivity index (χ3n) is 5.06. The first-order valence-corrected chi connectivity index (χ1v) is 9.15. The Balaban J connectivity index is 1.39. The number of fused-ring (bicyclic) bond motifs is 1. The molecule has 0 bridgehead atoms. The van der Waals surface area contributed by atoms with Crippen molar-refractivity contribution in [1.29, 1.82) is 0 Å². The Morgan fingerprint density at radius 2 is 2.04 bits per heavy atom. The number of carbonyl (C=O) groups excluding carboxylic acids is 1. The number of anilines is 1. The van der Waals surface area contributed by atoms with Gasteiger partial charge in [0.05, 0.1) is 17.6 Å². The summed E-state index contributed by atoms with van der Waals surface area (Å²) < 4.78 is 5.43. The minimum atomic E-state index is -0.0954. The molecule has 4 rings (SSSR count). The van der Waals surface area contributed by atoms with Crippen molar-refractivity contribution < 1.29 is 9.53 Å². The number of carbonyl (C=O) groups is 1. The summed E-state index contributed by atoms with van der Waals surface area (Å²) in [5, 5.41) is 2.91. The van der Waals surface area contributed by atoms with Gasteiger partial charge in [0, 0.05) is 11.6 Å². The summed E-state index contributed by atoms with van der Waals surface area (Å²) in [6, 6.07) is 5.85. The van der Waals surface area contributed by atoms with Crippen molar-refractivity contribution in [2.24, 2.45) is 5.92 Å². The topological polar surface area (TPSA) is 67.0 Å². The largest absolute Gasteiger partial charge is 0.371 e. The number of nitrogens with zero attached hydrogens (tertiary/aromatic N) is 1. The van der Waals surface area contributed by atoms with Crippen LogP contribution >= 0.6 is 0 Å². The minimum Gasteiger partial charge on any atom is -0.371 e. The van der Waals surface area contributed by atoms with Crippen LogP contribution in [0, 0.1) is 5.92 Å². The van der Waals surface area contributed by atoms with Crippen LogP contribution in [0.3, 0.4) is 0 Å². The lowest BCUT2D eigenvalue weighted by atomic mass is 9.89. The summed E-state index contributed by atoms with van der Waals surface area (Å²) in [6.45, 7) is 0.836. The molecule has 5 heteroatoms. The van der Waals surface area contributed by atoms with E-state index >= 15 is 0 Å². The van der Waals surface area contributed by atoms with E-state index in [9.17, 15) is 4.79 Å². The van der Waals surface area contributed by atoms with E-state index in [1.807, 2.05) is 18.2 Å². The zero-order valence-corrected chi connectivity index (χ0v) is 14.0. The molecule has 2 aliphatic rings. The molecule has 1 amide bonds. The van der Waals surface area contributed by atoms with E-state index in [4.69, 9.17) is 9.72 Å². The second kappa shape index (κ2) is 6.93. The number of imidazole rings is 1. The van der Waals surface area contributed by atoms with E-state index in [-0.39, 0.29) is 12.5 Å². The van der Waals surface area contributed by atoms with Gasteiger partial charge in [-0.15, -0.1) is 0 Å². The van der Waals surface area contributed by atoms with Crippen LogP contribution in [0.15, 0.2) is 18.2 Å². The highest BCUT2D eigenvalue weighted by atomic mass is 16.5. The smallest absolute Gasteiger partial charge is 0.250 e. The van der Waals surface area contributed by atoms with E-state index in [1.54, 1.807) is 0 Å². The van der Waals surface area contributed by atoms with Crippen molar-refractivity contribution in [3.63, 3.8) is 0 Å². The Labute approximate surface area is 142 Å². The van der Waals surface area contributed by atoms with Crippen molar-refractivity contribution in [2.75, 3.05) is 18.5 Å². The van der Waals surface area contributed by atoms with Gasteiger partial charge in [0.15, 0.2) is 0 Å². The second-order valence-corrected chi connectivity index (χ2v) is 7.20. The molecule has 0 radical (unpaired) electrons. The zero-order chi connectivity index (χ0) is 16.4. The Hall–Kier alpha value is -1.88. The van der Waals surface area contributed by atoms with Crippen LogP contribution in [0.5, 0.6) is 0 Å². The maximum atomic E-state index is 11.9. The summed E-state index contributed by atoms with van der Waals surface area (Å²) in [4.78, 5) is 20.1. The summed E-state index contributed by atoms with van der Waals surface area (Å²) in [5.41, 5.74) is 2.76. The van der Waals surface area contributed by atoms with Crippen LogP contribution in [0.4, 0.5) is 5.69 Å². The SMILES string of the molecule is O=C(COCC1CC1)Nc1ccc2nc(C3CCCCC3)[nH]c2c1. The Morgan fingerprint density at radius 1 is 1.21 bits per heavy atom. The molecule has 1 aromatic carbocycles. The van der Waals surface area contributed by atoms with Gasteiger partial charge in [0.25, 0.3) is 0 Å². The monoisotopic (exact) mass is 327 g/mol. The lowest BCUT2D eigenvalue weighted by molar-refractivity contribution is -0.120. The van der Waals surface area contributed by atoms with Crippen molar-refractivity contribution in [2.45, 2.75) is 50.9 Å². The number of hydrogen-bond acceptors (Lipinski definition) is 3. The second-order valence-electron chi connectivity index (χ2n) is 7.20. The summed E-state index contributed by atoms with van der Waals surface area (Å²) in [6.07, 6.45) is 8.86. The summed E-state index contributed by atoms with van der Waals surface area (Å²) >= 11 is 0. The molecule has 1 heterocycles. The molecule has 1 aromatic heterocycles. The Kier molecular flexibility index (Phi) is 4.52. The van der Waals surface area contributed by atoms with Gasteiger partial charge in [-0.25, -0.2) is 4.98 Å². The molecule has 0 spiro atoms. The molecule has 2 fully saturated rings. The van der Waals surface area contributed by atoms with Crippen LogP contribution in [0.1, 0.15) is 56.7 Å². The van der Waals surface area contributed by atoms with Gasteiger partial charge in [-0.3, -0.25) is 4.79 Å². The summed E-state index contributed by atoms with van der Waals surface area (Å²) in [5.74, 6) is 2.24. The number of amides is 1. The minimum absolute atomic E-state index is 0.0954. The fraction of sp³-hybridized carbons (Fsp3) is 0.579. The predicted molar refractivity (Wildman–Crippen MR) is 94.1 cm³/mol. The van der Waals surface area contributed by atoms with E-state index in [1.165, 1.54) is 44.9 Å². The van der Waals surface area contributed by atoms with Crippen LogP contribution in [0.25, 0.3) is 11.0 Å². The molecule has 0 saturated heterocycles. The quantitative estimate of drug-likeness (QED) is 0.843. The van der Waals surface area contributed by atoms with Gasteiger partial charge in [-0.1, -0.05) is 19.3 Å². The van der Waals surface area contributed by atoms with Crippen LogP contribution in [-0.2, 0) is 9.53 Å². The number of benzene rings is 1. The average Bonchev–Trinajstić information content (AvgIpc) is 3.32. The number of H-pyrrole nitrogens is 1. The average molecular weight is 327 g/mol. The first-order chi connectivity index (χ1) is 11.8. The molecule has 0 atom stereocenters. The zero-order valence-electron chi connectivity index (χ0n) is 14.0. The van der Waals surface area contributed by atoms with Crippen LogP contribution < -0.4 is 5.32 Å². The first kappa shape index (κ1) is 15.6. The molecular formula is C19H25N3O2. The number of nitrogens with one attached hydrogen (secondary N) is 2. The van der Waals surface area contributed by atoms with E-state index in [0.29, 0.717) is 18.4 Å². The Bertz CT molecular complexity index is 714. The maximum absolute atomic E-state index is 11.9. The molecule has 2 N–H and O–H groups in total. The highest BCUT2D eigenvalue weighted by molar-refractivity contribution is 5.93. The van der Waals surface area contributed by atoms with Crippen LogP contribution in [0.2, 0.25) is 0 Å². The molecule has 0 unspecified atom stereocenters. The third kappa shape index (κ3) is 3.78. The predicted octanol–water partition coefficient (Wildman–Crippen LogP) is 3.98. The molecular weight excluding hydrogens is 302 g/mol. The van der Waals surface area contributed by atoms with Gasteiger partial charge in [-0.05, 0) is 49.8 Å². The maximum Gasteiger partial charge on any atom is 0.250 e. The summed E-state index contributed by atoms with van der Waals surface area (Å²) in [7, 11) is 0. The first-order valence-electron chi connectivity index (χ1n) is 9.15. The van der Waals surface area contributed by atoms with Crippen molar-refractivity contribution in [3.05, 3.63) is 24.0 Å². The molecule has 0 aliphatic heterocycles. The number of aromatic amines is 1. The van der Waals surface area contributed by atoms with E-state index in [0.717, 1.165) is 22.5 Å².